The molecule has 1 aromatic heterocycles. The van der Waals surface area contributed by atoms with Gasteiger partial charge in [0, 0.05) is 47.4 Å². The number of aromatic nitrogens is 1. The van der Waals surface area contributed by atoms with Gasteiger partial charge in [0.2, 0.25) is 0 Å². The van der Waals surface area contributed by atoms with Crippen molar-refractivity contribution in [3.05, 3.63) is 88.5 Å². The molecule has 0 fully saturated rings. The molecule has 4 nitrogen and oxygen atoms in total. The molecule has 1 atom stereocenters. The number of hydrogen-bond acceptors (Lipinski definition) is 3. The summed E-state index contributed by atoms with van der Waals surface area (Å²) in [5, 5.41) is 2.48. The van der Waals surface area contributed by atoms with E-state index in [0.717, 1.165) is 5.56 Å². The van der Waals surface area contributed by atoms with Gasteiger partial charge in [-0.2, -0.15) is 0 Å². The molecule has 0 bridgehead atoms. The van der Waals surface area contributed by atoms with Crippen molar-refractivity contribution < 1.29 is 22.5 Å². The van der Waals surface area contributed by atoms with Gasteiger partial charge in [-0.05, 0) is 35.4 Å². The average molecular weight is 425 g/mol. The molecule has 0 aliphatic rings. The van der Waals surface area contributed by atoms with Crippen LogP contribution in [0.5, 0.6) is 0 Å². The Morgan fingerprint density at radius 2 is 1.71 bits per heavy atom. The van der Waals surface area contributed by atoms with Crippen molar-refractivity contribution in [3.8, 4) is 0 Å². The van der Waals surface area contributed by atoms with Gasteiger partial charge < -0.3 is 9.87 Å². The molecule has 3 rings (SSSR count). The average Bonchev–Trinajstić information content (AvgIpc) is 2.67. The van der Waals surface area contributed by atoms with E-state index in [1.54, 1.807) is 24.5 Å². The fraction of sp³-hybridized carbons (Fsp3) is 0.0526. The molecular formula is C19H12ClF3N2O2S. The molecule has 3 aromatic rings. The third kappa shape index (κ3) is 4.64. The molecule has 0 aliphatic heterocycles. The van der Waals surface area contributed by atoms with Crippen molar-refractivity contribution in [1.29, 1.82) is 0 Å². The number of pyridine rings is 1. The van der Waals surface area contributed by atoms with Crippen LogP contribution in [0.4, 0.5) is 18.9 Å². The maximum Gasteiger partial charge on any atom is 0.255 e. The minimum atomic E-state index is -1.63. The van der Waals surface area contributed by atoms with E-state index >= 15 is 0 Å². The Kier molecular flexibility index (Phi) is 6.23. The van der Waals surface area contributed by atoms with E-state index in [1.165, 1.54) is 18.2 Å². The summed E-state index contributed by atoms with van der Waals surface area (Å²) >= 11 is 4.56. The minimum Gasteiger partial charge on any atom is -0.611 e. The monoisotopic (exact) mass is 424 g/mol. The van der Waals surface area contributed by atoms with Gasteiger partial charge in [-0.3, -0.25) is 9.78 Å². The predicted molar refractivity (Wildman–Crippen MR) is 100 cm³/mol. The van der Waals surface area contributed by atoms with Crippen molar-refractivity contribution in [1.82, 2.24) is 4.98 Å². The third-order valence-corrected chi connectivity index (χ3v) is 5.59. The van der Waals surface area contributed by atoms with Crippen LogP contribution in [-0.2, 0) is 16.9 Å². The molecule has 28 heavy (non-hydrogen) atoms. The van der Waals surface area contributed by atoms with Gasteiger partial charge in [0.15, 0.2) is 22.3 Å². The lowest BCUT2D eigenvalue weighted by Crippen LogP contribution is -2.14. The smallest absolute Gasteiger partial charge is 0.255 e. The second-order valence-electron chi connectivity index (χ2n) is 5.70. The van der Waals surface area contributed by atoms with E-state index in [-0.39, 0.29) is 26.9 Å². The zero-order valence-corrected chi connectivity index (χ0v) is 15.7. The first-order valence-corrected chi connectivity index (χ1v) is 9.57. The van der Waals surface area contributed by atoms with Crippen LogP contribution in [0.1, 0.15) is 15.9 Å². The van der Waals surface area contributed by atoms with E-state index in [9.17, 15) is 22.5 Å². The number of nitrogens with one attached hydrogen (secondary N) is 1. The summed E-state index contributed by atoms with van der Waals surface area (Å²) in [6.07, 6.45) is 3.14. The summed E-state index contributed by atoms with van der Waals surface area (Å²) in [5.74, 6) is -5.03. The standard InChI is InChI=1S/C19H12ClF3N2O2S/c20-14-2-1-12(7-17(14)28(27)10-11-3-5-24-6-4-11)19(26)25-13-8-15(21)18(23)16(22)9-13/h1-9H,10H2,(H,25,26). The summed E-state index contributed by atoms with van der Waals surface area (Å²) < 4.78 is 52.2. The lowest BCUT2D eigenvalue weighted by Gasteiger charge is -2.13. The van der Waals surface area contributed by atoms with Gasteiger partial charge in [-0.1, -0.05) is 11.6 Å². The number of anilines is 1. The molecule has 0 radical (unpaired) electrons. The number of amides is 1. The number of benzene rings is 2. The van der Waals surface area contributed by atoms with Gasteiger partial charge >= 0.3 is 0 Å². The fourth-order valence-electron chi connectivity index (χ4n) is 2.36. The first-order valence-electron chi connectivity index (χ1n) is 7.88. The van der Waals surface area contributed by atoms with Gasteiger partial charge in [0.1, 0.15) is 5.75 Å². The molecule has 144 valence electrons. The van der Waals surface area contributed by atoms with E-state index in [1.807, 2.05) is 0 Å². The highest BCUT2D eigenvalue weighted by Gasteiger charge is 2.20. The lowest BCUT2D eigenvalue weighted by atomic mass is 10.2. The zero-order valence-electron chi connectivity index (χ0n) is 14.1. The zero-order chi connectivity index (χ0) is 20.3. The molecule has 1 heterocycles. The van der Waals surface area contributed by atoms with Crippen LogP contribution >= 0.6 is 11.6 Å². The topological polar surface area (TPSA) is 65.0 Å². The van der Waals surface area contributed by atoms with E-state index in [0.29, 0.717) is 12.1 Å². The maximum atomic E-state index is 13.3. The van der Waals surface area contributed by atoms with Crippen LogP contribution in [0.15, 0.2) is 59.8 Å². The molecule has 1 N–H and O–H groups in total. The highest BCUT2D eigenvalue weighted by atomic mass is 35.5. The first-order chi connectivity index (χ1) is 13.3. The van der Waals surface area contributed by atoms with Gasteiger partial charge in [0.25, 0.3) is 5.91 Å². The Bertz CT molecular complexity index is 998. The molecule has 0 saturated carbocycles. The van der Waals surface area contributed by atoms with Crippen LogP contribution in [-0.4, -0.2) is 15.4 Å². The molecule has 1 amide bonds. The maximum absolute atomic E-state index is 13.3. The number of carbonyl (C=O) groups excluding carboxylic acids is 1. The molecule has 0 spiro atoms. The molecule has 0 aliphatic carbocycles. The quantitative estimate of drug-likeness (QED) is 0.476. The van der Waals surface area contributed by atoms with Crippen molar-refractivity contribution in [2.24, 2.45) is 0 Å². The summed E-state index contributed by atoms with van der Waals surface area (Å²) in [7, 11) is 0. The van der Waals surface area contributed by atoms with Crippen molar-refractivity contribution in [3.63, 3.8) is 0 Å². The predicted octanol–water partition coefficient (Wildman–Crippen LogP) is 4.71. The Balaban J connectivity index is 1.81. The molecule has 1 unspecified atom stereocenters. The van der Waals surface area contributed by atoms with Gasteiger partial charge in [0.05, 0.1) is 5.02 Å². The summed E-state index contributed by atoms with van der Waals surface area (Å²) in [6, 6.07) is 8.86. The van der Waals surface area contributed by atoms with Crippen LogP contribution in [0, 0.1) is 17.5 Å². The van der Waals surface area contributed by atoms with Crippen LogP contribution in [0.2, 0.25) is 5.02 Å². The molecule has 2 aromatic carbocycles. The minimum absolute atomic E-state index is 0.0765. The second-order valence-corrected chi connectivity index (χ2v) is 7.53. The van der Waals surface area contributed by atoms with Crippen molar-refractivity contribution in [2.45, 2.75) is 10.6 Å². The van der Waals surface area contributed by atoms with E-state index in [2.05, 4.69) is 10.3 Å². The Morgan fingerprint density at radius 1 is 1.07 bits per heavy atom. The Labute approximate surface area is 166 Å². The highest BCUT2D eigenvalue weighted by molar-refractivity contribution is 7.90. The Morgan fingerprint density at radius 3 is 2.36 bits per heavy atom. The normalized spacial score (nSPS) is 11.9. The van der Waals surface area contributed by atoms with E-state index in [4.69, 9.17) is 11.6 Å². The second kappa shape index (κ2) is 8.64. The van der Waals surface area contributed by atoms with Gasteiger partial charge in [-0.15, -0.1) is 0 Å². The SMILES string of the molecule is O=C(Nc1cc(F)c(F)c(F)c1)c1ccc(Cl)c([S+]([O-])Cc2ccncc2)c1. The van der Waals surface area contributed by atoms with Crippen LogP contribution in [0.25, 0.3) is 0 Å². The summed E-state index contributed by atoms with van der Waals surface area (Å²) in [5.41, 5.74) is 0.597. The number of hydrogen-bond donors (Lipinski definition) is 1. The lowest BCUT2D eigenvalue weighted by molar-refractivity contribution is 0.102. The first kappa shape index (κ1) is 20.2. The molecule has 9 heteroatoms. The summed E-state index contributed by atoms with van der Waals surface area (Å²) in [6.45, 7) is 0. The number of rotatable bonds is 5. The number of carbonyl (C=O) groups is 1. The number of nitrogens with zero attached hydrogens (tertiary/aromatic N) is 1. The van der Waals surface area contributed by atoms with Crippen LogP contribution in [0.3, 0.4) is 0 Å². The fourth-order valence-corrected chi connectivity index (χ4v) is 3.93. The van der Waals surface area contributed by atoms with Crippen LogP contribution < -0.4 is 5.32 Å². The number of halogens is 4. The van der Waals surface area contributed by atoms with Crippen molar-refractivity contribution >= 4 is 34.4 Å². The van der Waals surface area contributed by atoms with E-state index < -0.39 is 34.5 Å². The highest BCUT2D eigenvalue weighted by Crippen LogP contribution is 2.26. The third-order valence-electron chi connectivity index (χ3n) is 3.73. The molecule has 0 saturated heterocycles. The molecular weight excluding hydrogens is 413 g/mol. The Hall–Kier alpha value is -2.55. The largest absolute Gasteiger partial charge is 0.611 e. The van der Waals surface area contributed by atoms with Gasteiger partial charge in [-0.25, -0.2) is 13.2 Å². The van der Waals surface area contributed by atoms with Crippen molar-refractivity contribution in [2.75, 3.05) is 5.32 Å². The summed E-state index contributed by atoms with van der Waals surface area (Å²) in [4.78, 5) is 16.5.